The van der Waals surface area contributed by atoms with E-state index >= 15 is 0 Å². The summed E-state index contributed by atoms with van der Waals surface area (Å²) in [6.07, 6.45) is 1.41. The molecule has 35 heavy (non-hydrogen) atoms. The number of hydrazone groups is 1. The molecular weight excluding hydrogens is 534 g/mol. The van der Waals surface area contributed by atoms with Crippen LogP contribution in [0.1, 0.15) is 29.2 Å². The lowest BCUT2D eigenvalue weighted by atomic mass is 10.1. The standard InChI is InChI=1S/C26H25BrClN3O4/c1-4-34-23-13-19(12-22(27)24(23)35-15-18-5-7-20(28)8-6-18)14-29-31-26(33)25(32)30-21-10-16(2)9-17(3)11-21/h5-14H,4,15H2,1-3H3,(H,30,32)(H,31,33)/b29-14+. The SMILES string of the molecule is CCOc1cc(/C=N/NC(=O)C(=O)Nc2cc(C)cc(C)c2)cc(Br)c1OCc1ccc(Cl)cc1. The predicted molar refractivity (Wildman–Crippen MR) is 141 cm³/mol. The monoisotopic (exact) mass is 557 g/mol. The molecule has 3 rings (SSSR count). The normalized spacial score (nSPS) is 10.8. The summed E-state index contributed by atoms with van der Waals surface area (Å²) in [4.78, 5) is 24.3. The highest BCUT2D eigenvalue weighted by molar-refractivity contribution is 9.10. The van der Waals surface area contributed by atoms with Crippen LogP contribution in [0.3, 0.4) is 0 Å². The second-order valence-electron chi connectivity index (χ2n) is 7.71. The minimum absolute atomic E-state index is 0.328. The van der Waals surface area contributed by atoms with Crippen LogP contribution in [-0.2, 0) is 16.2 Å². The van der Waals surface area contributed by atoms with Crippen molar-refractivity contribution in [2.75, 3.05) is 11.9 Å². The highest BCUT2D eigenvalue weighted by atomic mass is 79.9. The Labute approximate surface area is 217 Å². The largest absolute Gasteiger partial charge is 0.490 e. The number of nitrogens with one attached hydrogen (secondary N) is 2. The van der Waals surface area contributed by atoms with Gasteiger partial charge in [-0.3, -0.25) is 9.59 Å². The molecule has 2 amide bonds. The van der Waals surface area contributed by atoms with Gasteiger partial charge in [-0.25, -0.2) is 5.43 Å². The Hall–Kier alpha value is -3.36. The lowest BCUT2D eigenvalue weighted by Gasteiger charge is -2.14. The summed E-state index contributed by atoms with van der Waals surface area (Å²) in [5.74, 6) is -0.645. The topological polar surface area (TPSA) is 89.0 Å². The summed E-state index contributed by atoms with van der Waals surface area (Å²) >= 11 is 9.44. The average Bonchev–Trinajstić information content (AvgIpc) is 2.79. The molecule has 182 valence electrons. The van der Waals surface area contributed by atoms with Gasteiger partial charge in [0.1, 0.15) is 6.61 Å². The highest BCUT2D eigenvalue weighted by Gasteiger charge is 2.14. The van der Waals surface area contributed by atoms with Crippen LogP contribution in [-0.4, -0.2) is 24.6 Å². The molecule has 7 nitrogen and oxygen atoms in total. The van der Waals surface area contributed by atoms with E-state index in [0.29, 0.717) is 45.5 Å². The molecule has 0 atom stereocenters. The first-order chi connectivity index (χ1) is 16.7. The molecule has 0 saturated carbocycles. The average molecular weight is 559 g/mol. The number of ether oxygens (including phenoxy) is 2. The third-order valence-electron chi connectivity index (χ3n) is 4.69. The van der Waals surface area contributed by atoms with Crippen molar-refractivity contribution in [3.8, 4) is 11.5 Å². The van der Waals surface area contributed by atoms with Gasteiger partial charge in [0.15, 0.2) is 11.5 Å². The Morgan fingerprint density at radius 2 is 1.69 bits per heavy atom. The lowest BCUT2D eigenvalue weighted by Crippen LogP contribution is -2.32. The van der Waals surface area contributed by atoms with Crippen molar-refractivity contribution < 1.29 is 19.1 Å². The number of anilines is 1. The maximum atomic E-state index is 12.2. The fourth-order valence-corrected chi connectivity index (χ4v) is 3.95. The van der Waals surface area contributed by atoms with Crippen LogP contribution in [0.25, 0.3) is 0 Å². The molecule has 0 fully saturated rings. The van der Waals surface area contributed by atoms with Gasteiger partial charge in [0.05, 0.1) is 17.3 Å². The first-order valence-electron chi connectivity index (χ1n) is 10.8. The molecule has 2 N–H and O–H groups in total. The van der Waals surface area contributed by atoms with Gasteiger partial charge in [-0.2, -0.15) is 5.10 Å². The number of halogens is 2. The number of hydrogen-bond acceptors (Lipinski definition) is 5. The summed E-state index contributed by atoms with van der Waals surface area (Å²) in [6.45, 7) is 6.45. The van der Waals surface area contributed by atoms with Gasteiger partial charge in [0.25, 0.3) is 0 Å². The maximum absolute atomic E-state index is 12.2. The Bertz CT molecular complexity index is 1230. The van der Waals surface area contributed by atoms with Crippen LogP contribution < -0.4 is 20.2 Å². The molecule has 3 aromatic rings. The van der Waals surface area contributed by atoms with Crippen LogP contribution in [0, 0.1) is 13.8 Å². The zero-order valence-electron chi connectivity index (χ0n) is 19.5. The first kappa shape index (κ1) is 26.2. The number of nitrogens with zero attached hydrogens (tertiary/aromatic N) is 1. The van der Waals surface area contributed by atoms with Crippen molar-refractivity contribution in [3.63, 3.8) is 0 Å². The number of carbonyl (C=O) groups is 2. The molecule has 0 saturated heterocycles. The fourth-order valence-electron chi connectivity index (χ4n) is 3.25. The number of rotatable bonds is 8. The molecule has 3 aromatic carbocycles. The number of hydrogen-bond donors (Lipinski definition) is 2. The van der Waals surface area contributed by atoms with Gasteiger partial charge in [-0.15, -0.1) is 0 Å². The van der Waals surface area contributed by atoms with Crippen molar-refractivity contribution in [2.45, 2.75) is 27.4 Å². The lowest BCUT2D eigenvalue weighted by molar-refractivity contribution is -0.136. The smallest absolute Gasteiger partial charge is 0.329 e. The van der Waals surface area contributed by atoms with Gasteiger partial charge in [0.2, 0.25) is 0 Å². The minimum Gasteiger partial charge on any atom is -0.490 e. The van der Waals surface area contributed by atoms with E-state index in [9.17, 15) is 9.59 Å². The molecule has 0 aliphatic carbocycles. The van der Waals surface area contributed by atoms with Crippen LogP contribution in [0.15, 0.2) is 64.2 Å². The zero-order valence-corrected chi connectivity index (χ0v) is 21.9. The number of carbonyl (C=O) groups excluding carboxylic acids is 2. The van der Waals surface area contributed by atoms with E-state index in [1.165, 1.54) is 6.21 Å². The van der Waals surface area contributed by atoms with E-state index in [1.807, 2.05) is 39.0 Å². The molecule has 0 heterocycles. The number of benzene rings is 3. The molecule has 0 aromatic heterocycles. The molecule has 0 spiro atoms. The zero-order chi connectivity index (χ0) is 25.4. The van der Waals surface area contributed by atoms with Crippen LogP contribution in [0.5, 0.6) is 11.5 Å². The second-order valence-corrected chi connectivity index (χ2v) is 9.00. The molecule has 0 radical (unpaired) electrons. The van der Waals surface area contributed by atoms with Gasteiger partial charge in [-0.05, 0) is 95.4 Å². The molecule has 0 aliphatic rings. The summed E-state index contributed by atoms with van der Waals surface area (Å²) in [6, 6.07) is 16.4. The van der Waals surface area contributed by atoms with Crippen molar-refractivity contribution in [1.82, 2.24) is 5.43 Å². The van der Waals surface area contributed by atoms with Crippen molar-refractivity contribution in [2.24, 2.45) is 5.10 Å². The second kappa shape index (κ2) is 12.4. The fraction of sp³-hybridized carbons (Fsp3) is 0.192. The van der Waals surface area contributed by atoms with E-state index in [1.54, 1.807) is 36.4 Å². The quantitative estimate of drug-likeness (QED) is 0.208. The maximum Gasteiger partial charge on any atom is 0.329 e. The van der Waals surface area contributed by atoms with Gasteiger partial charge >= 0.3 is 11.8 Å². The summed E-state index contributed by atoms with van der Waals surface area (Å²) < 4.78 is 12.3. The third-order valence-corrected chi connectivity index (χ3v) is 5.53. The van der Waals surface area contributed by atoms with Crippen molar-refractivity contribution >= 4 is 51.2 Å². The minimum atomic E-state index is -0.882. The molecular formula is C26H25BrClN3O4. The Morgan fingerprint density at radius 1 is 1.00 bits per heavy atom. The van der Waals surface area contributed by atoms with E-state index in [0.717, 1.165) is 16.7 Å². The van der Waals surface area contributed by atoms with Crippen LogP contribution in [0.4, 0.5) is 5.69 Å². The van der Waals surface area contributed by atoms with Gasteiger partial charge in [0, 0.05) is 10.7 Å². The highest BCUT2D eigenvalue weighted by Crippen LogP contribution is 2.37. The van der Waals surface area contributed by atoms with Crippen molar-refractivity contribution in [3.05, 3.63) is 86.3 Å². The summed E-state index contributed by atoms with van der Waals surface area (Å²) in [5.41, 5.74) is 6.34. The summed E-state index contributed by atoms with van der Waals surface area (Å²) in [7, 11) is 0. The van der Waals surface area contributed by atoms with Gasteiger partial charge < -0.3 is 14.8 Å². The molecule has 9 heteroatoms. The Morgan fingerprint density at radius 3 is 2.34 bits per heavy atom. The predicted octanol–water partition coefficient (Wildman–Crippen LogP) is 5.79. The number of amides is 2. The molecule has 0 bridgehead atoms. The molecule has 0 aliphatic heterocycles. The number of aryl methyl sites for hydroxylation is 2. The van der Waals surface area contributed by atoms with Crippen molar-refractivity contribution in [1.29, 1.82) is 0 Å². The Kier molecular flexibility index (Phi) is 9.28. The van der Waals surface area contributed by atoms with Crippen LogP contribution in [0.2, 0.25) is 5.02 Å². The van der Waals surface area contributed by atoms with E-state index in [-0.39, 0.29) is 0 Å². The van der Waals surface area contributed by atoms with Crippen LogP contribution >= 0.6 is 27.5 Å². The third kappa shape index (κ3) is 7.83. The first-order valence-corrected chi connectivity index (χ1v) is 12.0. The van der Waals surface area contributed by atoms with Gasteiger partial charge in [-0.1, -0.05) is 29.8 Å². The van der Waals surface area contributed by atoms with E-state index < -0.39 is 11.8 Å². The summed E-state index contributed by atoms with van der Waals surface area (Å²) in [5, 5.41) is 7.12. The molecule has 0 unspecified atom stereocenters. The van der Waals surface area contributed by atoms with E-state index in [4.69, 9.17) is 21.1 Å². The Balaban J connectivity index is 1.65. The van der Waals surface area contributed by atoms with E-state index in [2.05, 4.69) is 31.8 Å².